The molecule has 98 valence electrons. The zero-order chi connectivity index (χ0) is 13.1. The number of aliphatic hydroxyl groups excluding tert-OH is 1. The molecule has 3 N–H and O–H groups in total. The van der Waals surface area contributed by atoms with Crippen molar-refractivity contribution in [2.24, 2.45) is 5.92 Å². The van der Waals surface area contributed by atoms with E-state index in [9.17, 15) is 14.3 Å². The molecule has 1 aromatic rings. The summed E-state index contributed by atoms with van der Waals surface area (Å²) in [4.78, 5) is 11.9. The summed E-state index contributed by atoms with van der Waals surface area (Å²) in [5.41, 5.74) is 0.260. The van der Waals surface area contributed by atoms with Crippen molar-refractivity contribution in [1.82, 2.24) is 10.6 Å². The van der Waals surface area contributed by atoms with Crippen LogP contribution >= 0.6 is 15.9 Å². The number of carbonyl (C=O) groups is 1. The van der Waals surface area contributed by atoms with Crippen molar-refractivity contribution < 1.29 is 14.3 Å². The first-order valence-electron chi connectivity index (χ1n) is 5.70. The molecule has 4 nitrogen and oxygen atoms in total. The molecule has 2 unspecified atom stereocenters. The molecule has 1 heterocycles. The second kappa shape index (κ2) is 5.77. The number of hydrogen-bond donors (Lipinski definition) is 3. The third kappa shape index (κ3) is 3.07. The van der Waals surface area contributed by atoms with Crippen LogP contribution in [-0.4, -0.2) is 36.8 Å². The van der Waals surface area contributed by atoms with Gasteiger partial charge in [-0.05, 0) is 34.1 Å². The Balaban J connectivity index is 1.97. The average Bonchev–Trinajstić information content (AvgIpc) is 2.75. The Morgan fingerprint density at radius 1 is 1.56 bits per heavy atom. The molecule has 1 amide bonds. The first-order valence-corrected chi connectivity index (χ1v) is 6.49. The van der Waals surface area contributed by atoms with Gasteiger partial charge in [-0.25, -0.2) is 4.39 Å². The molecular formula is C12H14BrFN2O2. The Kier molecular flexibility index (Phi) is 4.31. The van der Waals surface area contributed by atoms with Gasteiger partial charge in [-0.15, -0.1) is 0 Å². The van der Waals surface area contributed by atoms with Crippen LogP contribution in [0.2, 0.25) is 0 Å². The number of aliphatic hydroxyl groups is 1. The lowest BCUT2D eigenvalue weighted by Crippen LogP contribution is -2.34. The fourth-order valence-electron chi connectivity index (χ4n) is 1.92. The highest BCUT2D eigenvalue weighted by Gasteiger charge is 2.25. The summed E-state index contributed by atoms with van der Waals surface area (Å²) in [5.74, 6) is -0.798. The van der Waals surface area contributed by atoms with Crippen LogP contribution in [0.4, 0.5) is 4.39 Å². The minimum absolute atomic E-state index is 0.00119. The van der Waals surface area contributed by atoms with Gasteiger partial charge in [0.2, 0.25) is 0 Å². The van der Waals surface area contributed by atoms with Crippen LogP contribution < -0.4 is 10.6 Å². The van der Waals surface area contributed by atoms with E-state index in [1.807, 2.05) is 0 Å². The molecule has 0 aliphatic carbocycles. The summed E-state index contributed by atoms with van der Waals surface area (Å²) in [6, 6.07) is 3.96. The SMILES string of the molecule is O=C(NCC1CNCC1O)c1cc(F)ccc1Br. The summed E-state index contributed by atoms with van der Waals surface area (Å²) in [5, 5.41) is 15.3. The smallest absolute Gasteiger partial charge is 0.252 e. The second-order valence-electron chi connectivity index (χ2n) is 4.32. The van der Waals surface area contributed by atoms with Gasteiger partial charge in [0.05, 0.1) is 11.7 Å². The van der Waals surface area contributed by atoms with Crippen molar-refractivity contribution in [3.63, 3.8) is 0 Å². The van der Waals surface area contributed by atoms with E-state index >= 15 is 0 Å². The highest BCUT2D eigenvalue weighted by Crippen LogP contribution is 2.18. The highest BCUT2D eigenvalue weighted by molar-refractivity contribution is 9.10. The van der Waals surface area contributed by atoms with Crippen molar-refractivity contribution in [2.45, 2.75) is 6.10 Å². The normalized spacial score (nSPS) is 23.1. The lowest BCUT2D eigenvalue weighted by atomic mass is 10.1. The Morgan fingerprint density at radius 3 is 3.00 bits per heavy atom. The van der Waals surface area contributed by atoms with Gasteiger partial charge in [-0.2, -0.15) is 0 Å². The van der Waals surface area contributed by atoms with E-state index in [1.165, 1.54) is 18.2 Å². The number of amides is 1. The monoisotopic (exact) mass is 316 g/mol. The van der Waals surface area contributed by atoms with Crippen molar-refractivity contribution in [1.29, 1.82) is 0 Å². The molecule has 18 heavy (non-hydrogen) atoms. The van der Waals surface area contributed by atoms with E-state index in [0.717, 1.165) is 0 Å². The molecule has 2 atom stereocenters. The molecule has 0 bridgehead atoms. The maximum absolute atomic E-state index is 13.1. The van der Waals surface area contributed by atoms with Crippen LogP contribution in [0.1, 0.15) is 10.4 Å². The van der Waals surface area contributed by atoms with Crippen LogP contribution in [0.15, 0.2) is 22.7 Å². The lowest BCUT2D eigenvalue weighted by molar-refractivity contribution is 0.0926. The van der Waals surface area contributed by atoms with Gasteiger partial charge in [0.1, 0.15) is 5.82 Å². The van der Waals surface area contributed by atoms with Crippen LogP contribution in [0, 0.1) is 11.7 Å². The topological polar surface area (TPSA) is 61.4 Å². The average molecular weight is 317 g/mol. The van der Waals surface area contributed by atoms with Gasteiger partial charge in [0.15, 0.2) is 0 Å². The molecule has 1 saturated heterocycles. The Bertz CT molecular complexity index is 456. The summed E-state index contributed by atoms with van der Waals surface area (Å²) in [6.07, 6.45) is -0.443. The Morgan fingerprint density at radius 2 is 2.33 bits per heavy atom. The van der Waals surface area contributed by atoms with E-state index < -0.39 is 11.9 Å². The summed E-state index contributed by atoms with van der Waals surface area (Å²) < 4.78 is 13.6. The summed E-state index contributed by atoms with van der Waals surface area (Å²) >= 11 is 3.21. The largest absolute Gasteiger partial charge is 0.391 e. The van der Waals surface area contributed by atoms with Crippen LogP contribution in [-0.2, 0) is 0 Å². The van der Waals surface area contributed by atoms with Gasteiger partial charge < -0.3 is 15.7 Å². The van der Waals surface area contributed by atoms with Gasteiger partial charge in [0, 0.05) is 30.0 Å². The van der Waals surface area contributed by atoms with Gasteiger partial charge in [-0.1, -0.05) is 0 Å². The number of hydrogen-bond acceptors (Lipinski definition) is 3. The maximum atomic E-state index is 13.1. The van der Waals surface area contributed by atoms with Crippen molar-refractivity contribution in [3.05, 3.63) is 34.1 Å². The first kappa shape index (κ1) is 13.5. The molecular weight excluding hydrogens is 303 g/mol. The molecule has 1 aliphatic heterocycles. The van der Waals surface area contributed by atoms with E-state index in [4.69, 9.17) is 0 Å². The summed E-state index contributed by atoms with van der Waals surface area (Å²) in [7, 11) is 0. The van der Waals surface area contributed by atoms with Crippen molar-refractivity contribution >= 4 is 21.8 Å². The predicted octanol–water partition coefficient (Wildman–Crippen LogP) is 0.898. The number of β-amino-alcohol motifs (C(OH)–C–C–N with tert-alkyl or cyclic N) is 1. The molecule has 2 rings (SSSR count). The number of carbonyl (C=O) groups excluding carboxylic acids is 1. The van der Waals surface area contributed by atoms with Gasteiger partial charge >= 0.3 is 0 Å². The zero-order valence-corrected chi connectivity index (χ0v) is 11.2. The third-order valence-electron chi connectivity index (χ3n) is 3.00. The van der Waals surface area contributed by atoms with Crippen molar-refractivity contribution in [3.8, 4) is 0 Å². The van der Waals surface area contributed by atoms with E-state index in [0.29, 0.717) is 24.1 Å². The number of rotatable bonds is 3. The standard InChI is InChI=1S/C12H14BrFN2O2/c13-10-2-1-8(14)3-9(10)12(18)16-5-7-4-15-6-11(7)17/h1-3,7,11,15,17H,4-6H2,(H,16,18). The second-order valence-corrected chi connectivity index (χ2v) is 5.17. The molecule has 0 radical (unpaired) electrons. The number of halogens is 2. The minimum atomic E-state index is -0.453. The van der Waals surface area contributed by atoms with Crippen LogP contribution in [0.25, 0.3) is 0 Å². The molecule has 1 fully saturated rings. The first-order chi connectivity index (χ1) is 8.58. The maximum Gasteiger partial charge on any atom is 0.252 e. The lowest BCUT2D eigenvalue weighted by Gasteiger charge is -2.14. The third-order valence-corrected chi connectivity index (χ3v) is 3.69. The van der Waals surface area contributed by atoms with Crippen LogP contribution in [0.5, 0.6) is 0 Å². The van der Waals surface area contributed by atoms with Crippen LogP contribution in [0.3, 0.4) is 0 Å². The number of nitrogens with one attached hydrogen (secondary N) is 2. The highest BCUT2D eigenvalue weighted by atomic mass is 79.9. The summed E-state index contributed by atoms with van der Waals surface area (Å²) in [6.45, 7) is 1.59. The molecule has 0 aromatic heterocycles. The molecule has 0 spiro atoms. The molecule has 6 heteroatoms. The Labute approximate surface area is 113 Å². The fourth-order valence-corrected chi connectivity index (χ4v) is 2.34. The van der Waals surface area contributed by atoms with E-state index in [-0.39, 0.29) is 17.4 Å². The molecule has 1 aliphatic rings. The van der Waals surface area contributed by atoms with E-state index in [2.05, 4.69) is 26.6 Å². The Hall–Kier alpha value is -0.980. The zero-order valence-electron chi connectivity index (χ0n) is 9.62. The van der Waals surface area contributed by atoms with E-state index in [1.54, 1.807) is 0 Å². The molecule has 1 aromatic carbocycles. The van der Waals surface area contributed by atoms with Gasteiger partial charge in [0.25, 0.3) is 5.91 Å². The minimum Gasteiger partial charge on any atom is -0.391 e. The number of benzene rings is 1. The molecule has 0 saturated carbocycles. The van der Waals surface area contributed by atoms with Gasteiger partial charge in [-0.3, -0.25) is 4.79 Å². The quantitative estimate of drug-likeness (QED) is 0.776. The van der Waals surface area contributed by atoms with Crippen molar-refractivity contribution in [2.75, 3.05) is 19.6 Å². The predicted molar refractivity (Wildman–Crippen MR) is 68.8 cm³/mol. The fraction of sp³-hybridized carbons (Fsp3) is 0.417.